The van der Waals surface area contributed by atoms with Gasteiger partial charge in [-0.3, -0.25) is 4.79 Å². The van der Waals surface area contributed by atoms with Crippen LogP contribution in [-0.4, -0.2) is 51.2 Å². The van der Waals surface area contributed by atoms with Crippen LogP contribution in [0.25, 0.3) is 10.9 Å². The van der Waals surface area contributed by atoms with E-state index >= 15 is 0 Å². The Labute approximate surface area is 202 Å². The molecule has 1 aliphatic heterocycles. The van der Waals surface area contributed by atoms with Crippen LogP contribution in [0, 0.1) is 5.82 Å². The lowest BCUT2D eigenvalue weighted by Crippen LogP contribution is -2.43. The molecule has 1 saturated heterocycles. The first-order valence-corrected chi connectivity index (χ1v) is 11.2. The van der Waals surface area contributed by atoms with E-state index in [1.807, 2.05) is 0 Å². The average Bonchev–Trinajstić information content (AvgIpc) is 2.81. The number of carboxylic acid groups (broad SMARTS) is 1. The molecule has 0 radical (unpaired) electrons. The number of piperidine rings is 1. The molecule has 2 amide bonds. The minimum atomic E-state index is -1.00. The first-order valence-electron chi connectivity index (χ1n) is 10.4. The lowest BCUT2D eigenvalue weighted by Gasteiger charge is -2.31. The predicted octanol–water partition coefficient (Wildman–Crippen LogP) is 4.92. The highest BCUT2D eigenvalue weighted by Gasteiger charge is 2.26. The minimum absolute atomic E-state index is 0.210. The lowest BCUT2D eigenvalue weighted by atomic mass is 10.1. The molecule has 176 valence electrons. The first-order chi connectivity index (χ1) is 16.3. The molecule has 3 aromatic rings. The molecule has 34 heavy (non-hydrogen) atoms. The number of rotatable bonds is 6. The van der Waals surface area contributed by atoms with Gasteiger partial charge in [-0.1, -0.05) is 22.5 Å². The van der Waals surface area contributed by atoms with Gasteiger partial charge in [0.15, 0.2) is 0 Å². The molecule has 4 rings (SSSR count). The summed E-state index contributed by atoms with van der Waals surface area (Å²) in [6.45, 7) is 4.13. The Morgan fingerprint density at radius 2 is 2.09 bits per heavy atom. The van der Waals surface area contributed by atoms with Crippen molar-refractivity contribution < 1.29 is 23.8 Å². The predicted molar refractivity (Wildman–Crippen MR) is 129 cm³/mol. The van der Waals surface area contributed by atoms with Gasteiger partial charge < -0.3 is 25.4 Å². The highest BCUT2D eigenvalue weighted by atomic mass is 79.9. The summed E-state index contributed by atoms with van der Waals surface area (Å²) in [5.41, 5.74) is 1.04. The molecule has 11 heteroatoms. The van der Waals surface area contributed by atoms with Gasteiger partial charge in [-0.25, -0.2) is 19.2 Å². The van der Waals surface area contributed by atoms with Crippen LogP contribution in [0.4, 0.5) is 26.4 Å². The number of fused-ring (bicyclic) bond motifs is 1. The largest absolute Gasteiger partial charge is 0.486 e. The Bertz CT molecular complexity index is 1270. The molecule has 0 bridgehead atoms. The Morgan fingerprint density at radius 3 is 2.82 bits per heavy atom. The summed E-state index contributed by atoms with van der Waals surface area (Å²) in [6, 6.07) is 7.86. The smallest absolute Gasteiger partial charge is 0.407 e. The maximum Gasteiger partial charge on any atom is 0.407 e. The summed E-state index contributed by atoms with van der Waals surface area (Å²) in [5, 5.41) is 15.5. The van der Waals surface area contributed by atoms with Crippen molar-refractivity contribution >= 4 is 56.0 Å². The van der Waals surface area contributed by atoms with Crippen molar-refractivity contribution in [1.82, 2.24) is 14.9 Å². The summed E-state index contributed by atoms with van der Waals surface area (Å²) in [6.07, 6.45) is 2.39. The van der Waals surface area contributed by atoms with Gasteiger partial charge in [0.05, 0.1) is 23.4 Å². The number of aromatic nitrogens is 2. The number of anilines is 3. The maximum absolute atomic E-state index is 14.4. The number of benzene rings is 2. The number of hydrogen-bond acceptors (Lipinski definition) is 6. The van der Waals surface area contributed by atoms with E-state index in [0.717, 1.165) is 6.08 Å². The van der Waals surface area contributed by atoms with E-state index in [1.165, 1.54) is 17.3 Å². The van der Waals surface area contributed by atoms with Crippen molar-refractivity contribution in [2.45, 2.75) is 18.9 Å². The summed E-state index contributed by atoms with van der Waals surface area (Å²) in [5.74, 6) is -0.257. The number of ether oxygens (including phenoxy) is 1. The van der Waals surface area contributed by atoms with Crippen LogP contribution >= 0.6 is 15.9 Å². The maximum atomic E-state index is 14.4. The molecule has 3 N–H and O–H groups in total. The fraction of sp³-hybridized carbons (Fsp3) is 0.217. The second kappa shape index (κ2) is 10.0. The number of carbonyl (C=O) groups excluding carboxylic acids is 1. The van der Waals surface area contributed by atoms with Gasteiger partial charge in [-0.05, 0) is 43.2 Å². The molecular formula is C23H21BrFN5O4. The number of carbonyl (C=O) groups is 2. The SMILES string of the molecule is C=CC(=O)Nc1cc2c(Nc3ccc(Br)cc3F)ncnc2cc1OC1CCCN(C(=O)O)C1. The van der Waals surface area contributed by atoms with Gasteiger partial charge in [0.2, 0.25) is 5.91 Å². The molecule has 1 atom stereocenters. The lowest BCUT2D eigenvalue weighted by molar-refractivity contribution is -0.111. The van der Waals surface area contributed by atoms with Crippen molar-refractivity contribution in [2.75, 3.05) is 23.7 Å². The van der Waals surface area contributed by atoms with Crippen molar-refractivity contribution in [3.63, 3.8) is 0 Å². The molecule has 2 aromatic carbocycles. The second-order valence-corrected chi connectivity index (χ2v) is 8.56. The number of likely N-dealkylation sites (tertiary alicyclic amines) is 1. The third kappa shape index (κ3) is 5.25. The summed E-state index contributed by atoms with van der Waals surface area (Å²) in [4.78, 5) is 33.3. The van der Waals surface area contributed by atoms with Crippen LogP contribution in [-0.2, 0) is 4.79 Å². The van der Waals surface area contributed by atoms with Crippen LogP contribution < -0.4 is 15.4 Å². The van der Waals surface area contributed by atoms with E-state index in [2.05, 4.69) is 43.1 Å². The number of nitrogens with one attached hydrogen (secondary N) is 2. The number of halogens is 2. The van der Waals surface area contributed by atoms with E-state index in [9.17, 15) is 19.1 Å². The molecule has 1 fully saturated rings. The summed E-state index contributed by atoms with van der Waals surface area (Å²) >= 11 is 3.23. The monoisotopic (exact) mass is 529 g/mol. The number of hydrogen-bond donors (Lipinski definition) is 3. The fourth-order valence-corrected chi connectivity index (χ4v) is 4.00. The summed E-state index contributed by atoms with van der Waals surface area (Å²) in [7, 11) is 0. The molecule has 2 heterocycles. The van der Waals surface area contributed by atoms with Crippen molar-refractivity contribution in [3.8, 4) is 5.75 Å². The first kappa shape index (κ1) is 23.4. The van der Waals surface area contributed by atoms with E-state index in [0.29, 0.717) is 52.0 Å². The average molecular weight is 530 g/mol. The second-order valence-electron chi connectivity index (χ2n) is 7.64. The van der Waals surface area contributed by atoms with E-state index in [-0.39, 0.29) is 12.2 Å². The molecule has 1 unspecified atom stereocenters. The highest BCUT2D eigenvalue weighted by Crippen LogP contribution is 2.35. The van der Waals surface area contributed by atoms with Gasteiger partial charge >= 0.3 is 6.09 Å². The molecule has 9 nitrogen and oxygen atoms in total. The van der Waals surface area contributed by atoms with Gasteiger partial charge in [0, 0.05) is 22.5 Å². The normalized spacial score (nSPS) is 15.6. The third-order valence-corrected chi connectivity index (χ3v) is 5.80. The Hall–Kier alpha value is -3.73. The number of nitrogens with zero attached hydrogens (tertiary/aromatic N) is 3. The van der Waals surface area contributed by atoms with E-state index in [4.69, 9.17) is 4.74 Å². The van der Waals surface area contributed by atoms with E-state index in [1.54, 1.807) is 24.3 Å². The van der Waals surface area contributed by atoms with Gasteiger partial charge in [-0.2, -0.15) is 0 Å². The molecule has 0 aliphatic carbocycles. The highest BCUT2D eigenvalue weighted by molar-refractivity contribution is 9.10. The van der Waals surface area contributed by atoms with Crippen LogP contribution in [0.3, 0.4) is 0 Å². The van der Waals surface area contributed by atoms with Crippen molar-refractivity contribution in [2.24, 2.45) is 0 Å². The topological polar surface area (TPSA) is 117 Å². The Morgan fingerprint density at radius 1 is 1.26 bits per heavy atom. The van der Waals surface area contributed by atoms with Crippen LogP contribution in [0.15, 0.2) is 53.8 Å². The minimum Gasteiger partial charge on any atom is -0.486 e. The zero-order chi connectivity index (χ0) is 24.2. The van der Waals surface area contributed by atoms with Crippen LogP contribution in [0.1, 0.15) is 12.8 Å². The van der Waals surface area contributed by atoms with Gasteiger partial charge in [0.25, 0.3) is 0 Å². The van der Waals surface area contributed by atoms with Crippen molar-refractivity contribution in [3.05, 3.63) is 59.6 Å². The zero-order valence-electron chi connectivity index (χ0n) is 17.9. The number of amides is 2. The molecular weight excluding hydrogens is 509 g/mol. The van der Waals surface area contributed by atoms with Crippen molar-refractivity contribution in [1.29, 1.82) is 0 Å². The van der Waals surface area contributed by atoms with E-state index < -0.39 is 23.9 Å². The summed E-state index contributed by atoms with van der Waals surface area (Å²) < 4.78 is 21.1. The Kier molecular flexibility index (Phi) is 6.92. The molecule has 1 aliphatic rings. The molecule has 0 saturated carbocycles. The standard InChI is InChI=1S/C23H21BrFN5O4/c1-2-21(31)28-19-9-15-18(10-20(19)34-14-4-3-7-30(11-14)23(32)33)26-12-27-22(15)29-17-6-5-13(24)8-16(17)25/h2,5-6,8-10,12,14H,1,3-4,7,11H2,(H,28,31)(H,32,33)(H,26,27,29). The quantitative estimate of drug-likeness (QED) is 0.388. The fourth-order valence-electron chi connectivity index (χ4n) is 3.67. The molecule has 0 spiro atoms. The van der Waals surface area contributed by atoms with Crippen LogP contribution in [0.2, 0.25) is 0 Å². The van der Waals surface area contributed by atoms with Crippen LogP contribution in [0.5, 0.6) is 5.75 Å². The Balaban J connectivity index is 1.71. The van der Waals surface area contributed by atoms with Gasteiger partial charge in [0.1, 0.15) is 29.8 Å². The van der Waals surface area contributed by atoms with Gasteiger partial charge in [-0.15, -0.1) is 0 Å². The molecule has 1 aromatic heterocycles. The third-order valence-electron chi connectivity index (χ3n) is 5.31. The zero-order valence-corrected chi connectivity index (χ0v) is 19.5.